The highest BCUT2D eigenvalue weighted by molar-refractivity contribution is 9.09. The fourth-order valence-corrected chi connectivity index (χ4v) is 3.99. The van der Waals surface area contributed by atoms with Crippen LogP contribution in [0.4, 0.5) is 0 Å². The van der Waals surface area contributed by atoms with Gasteiger partial charge in [0.1, 0.15) is 0 Å². The Morgan fingerprint density at radius 2 is 1.19 bits per heavy atom. The van der Waals surface area contributed by atoms with E-state index in [1.165, 1.54) is 44.5 Å². The number of aryl methyl sites for hydroxylation is 1. The number of benzene rings is 2. The lowest BCUT2D eigenvalue weighted by Gasteiger charge is -2.22. The average molecular weight is 345 g/mol. The lowest BCUT2D eigenvalue weighted by molar-refractivity contribution is 1.05. The molecule has 0 N–H and O–H groups in total. The van der Waals surface area contributed by atoms with Gasteiger partial charge in [0.15, 0.2) is 0 Å². The van der Waals surface area contributed by atoms with Gasteiger partial charge in [-0.3, -0.25) is 0 Å². The van der Waals surface area contributed by atoms with Crippen LogP contribution in [0.3, 0.4) is 0 Å². The first-order valence-corrected chi connectivity index (χ1v) is 8.59. The zero-order chi connectivity index (χ0) is 15.7. The molecule has 0 bridgehead atoms. The molecule has 1 heteroatoms. The van der Waals surface area contributed by atoms with Crippen molar-refractivity contribution in [2.24, 2.45) is 0 Å². The van der Waals surface area contributed by atoms with Gasteiger partial charge in [-0.2, -0.15) is 0 Å². The summed E-state index contributed by atoms with van der Waals surface area (Å²) in [4.78, 5) is 0.265. The summed E-state index contributed by atoms with van der Waals surface area (Å²) in [5, 5.41) is 0. The summed E-state index contributed by atoms with van der Waals surface area (Å²) >= 11 is 3.94. The van der Waals surface area contributed by atoms with Crippen molar-refractivity contribution in [1.82, 2.24) is 0 Å². The first-order valence-electron chi connectivity index (χ1n) is 7.68. The van der Waals surface area contributed by atoms with E-state index in [9.17, 15) is 0 Å². The average Bonchev–Trinajstić information content (AvgIpc) is 2.51. The van der Waals surface area contributed by atoms with E-state index in [0.29, 0.717) is 0 Å². The molecule has 0 aliphatic rings. The molecule has 2 rings (SSSR count). The van der Waals surface area contributed by atoms with Crippen molar-refractivity contribution in [1.29, 1.82) is 0 Å². The van der Waals surface area contributed by atoms with Crippen LogP contribution in [0.1, 0.15) is 56.3 Å². The van der Waals surface area contributed by atoms with Crippen LogP contribution in [-0.2, 0) is 6.42 Å². The molecular formula is C20H25Br. The van der Waals surface area contributed by atoms with Gasteiger partial charge < -0.3 is 0 Å². The van der Waals surface area contributed by atoms with Gasteiger partial charge in [-0.25, -0.2) is 0 Å². The van der Waals surface area contributed by atoms with Crippen molar-refractivity contribution < 1.29 is 0 Å². The standard InChI is InChI=1S/C20H25Br/c1-7-17-8-10-18(11-9-17)20(21)19-15(5)13(3)12(2)14(4)16(19)6/h8-11,20H,7H2,1-6H3. The minimum Gasteiger partial charge on any atom is -0.0786 e. The van der Waals surface area contributed by atoms with Gasteiger partial charge >= 0.3 is 0 Å². The molecule has 2 aromatic carbocycles. The largest absolute Gasteiger partial charge is 0.0786 e. The molecule has 0 aliphatic heterocycles. The summed E-state index contributed by atoms with van der Waals surface area (Å²) in [6, 6.07) is 8.98. The van der Waals surface area contributed by atoms with Gasteiger partial charge in [0, 0.05) is 0 Å². The van der Waals surface area contributed by atoms with E-state index in [1.54, 1.807) is 0 Å². The molecule has 0 spiro atoms. The highest BCUT2D eigenvalue weighted by Gasteiger charge is 2.19. The van der Waals surface area contributed by atoms with E-state index in [0.717, 1.165) is 6.42 Å². The first-order chi connectivity index (χ1) is 9.88. The minimum atomic E-state index is 0.265. The van der Waals surface area contributed by atoms with Gasteiger partial charge in [0.25, 0.3) is 0 Å². The smallest absolute Gasteiger partial charge is 0.0649 e. The number of hydrogen-bond acceptors (Lipinski definition) is 0. The second-order valence-electron chi connectivity index (χ2n) is 6.00. The predicted molar refractivity (Wildman–Crippen MR) is 96.7 cm³/mol. The molecule has 112 valence electrons. The van der Waals surface area contributed by atoms with Gasteiger partial charge in [-0.15, -0.1) is 0 Å². The number of rotatable bonds is 3. The summed E-state index contributed by atoms with van der Waals surface area (Å²) in [6.45, 7) is 13.4. The molecule has 21 heavy (non-hydrogen) atoms. The molecule has 0 fully saturated rings. The van der Waals surface area contributed by atoms with Gasteiger partial charge in [0.2, 0.25) is 0 Å². The van der Waals surface area contributed by atoms with E-state index < -0.39 is 0 Å². The second kappa shape index (κ2) is 6.36. The molecule has 1 unspecified atom stereocenters. The fourth-order valence-electron chi connectivity index (χ4n) is 3.00. The maximum Gasteiger partial charge on any atom is 0.0649 e. The summed E-state index contributed by atoms with van der Waals surface area (Å²) in [7, 11) is 0. The Labute approximate surface area is 137 Å². The number of halogens is 1. The van der Waals surface area contributed by atoms with Crippen molar-refractivity contribution in [3.63, 3.8) is 0 Å². The van der Waals surface area contributed by atoms with Crippen molar-refractivity contribution in [2.45, 2.75) is 52.8 Å². The van der Waals surface area contributed by atoms with Crippen molar-refractivity contribution in [2.75, 3.05) is 0 Å². The van der Waals surface area contributed by atoms with Crippen LogP contribution in [-0.4, -0.2) is 0 Å². The predicted octanol–water partition coefficient (Wildman–Crippen LogP) is 6.28. The quantitative estimate of drug-likeness (QED) is 0.575. The number of hydrogen-bond donors (Lipinski definition) is 0. The molecule has 0 heterocycles. The first kappa shape index (κ1) is 16.3. The third-order valence-electron chi connectivity index (χ3n) is 4.99. The van der Waals surface area contributed by atoms with Crippen LogP contribution in [0.5, 0.6) is 0 Å². The summed E-state index contributed by atoms with van der Waals surface area (Å²) < 4.78 is 0. The molecule has 0 amide bonds. The molecule has 0 radical (unpaired) electrons. The van der Waals surface area contributed by atoms with Gasteiger partial charge in [-0.05, 0) is 85.5 Å². The van der Waals surface area contributed by atoms with Crippen LogP contribution in [0.2, 0.25) is 0 Å². The molecule has 0 saturated carbocycles. The highest BCUT2D eigenvalue weighted by Crippen LogP contribution is 2.38. The van der Waals surface area contributed by atoms with Crippen molar-refractivity contribution in [3.05, 3.63) is 68.8 Å². The van der Waals surface area contributed by atoms with Crippen LogP contribution < -0.4 is 0 Å². The third-order valence-corrected chi connectivity index (χ3v) is 5.98. The highest BCUT2D eigenvalue weighted by atomic mass is 79.9. The number of alkyl halides is 1. The zero-order valence-electron chi connectivity index (χ0n) is 14.0. The van der Waals surface area contributed by atoms with Crippen molar-refractivity contribution in [3.8, 4) is 0 Å². The maximum atomic E-state index is 3.94. The van der Waals surface area contributed by atoms with E-state index in [4.69, 9.17) is 0 Å². The Morgan fingerprint density at radius 3 is 1.62 bits per heavy atom. The lowest BCUT2D eigenvalue weighted by Crippen LogP contribution is -2.05. The Morgan fingerprint density at radius 1 is 0.762 bits per heavy atom. The molecule has 0 nitrogen and oxygen atoms in total. The summed E-state index contributed by atoms with van der Waals surface area (Å²) in [6.07, 6.45) is 1.09. The Hall–Kier alpha value is -1.08. The molecule has 2 aromatic rings. The summed E-state index contributed by atoms with van der Waals surface area (Å²) in [5.41, 5.74) is 11.2. The maximum absolute atomic E-state index is 3.94. The van der Waals surface area contributed by atoms with Gasteiger partial charge in [-0.1, -0.05) is 47.1 Å². The van der Waals surface area contributed by atoms with Crippen LogP contribution >= 0.6 is 15.9 Å². The summed E-state index contributed by atoms with van der Waals surface area (Å²) in [5.74, 6) is 0. The van der Waals surface area contributed by atoms with Crippen molar-refractivity contribution >= 4 is 15.9 Å². The van der Waals surface area contributed by atoms with Crippen LogP contribution in [0.15, 0.2) is 24.3 Å². The molecular weight excluding hydrogens is 320 g/mol. The van der Waals surface area contributed by atoms with E-state index in [-0.39, 0.29) is 4.83 Å². The zero-order valence-corrected chi connectivity index (χ0v) is 15.6. The van der Waals surface area contributed by atoms with Crippen LogP contribution in [0.25, 0.3) is 0 Å². The minimum absolute atomic E-state index is 0.265. The molecule has 0 saturated heterocycles. The van der Waals surface area contributed by atoms with E-state index in [1.807, 2.05) is 0 Å². The topological polar surface area (TPSA) is 0 Å². The van der Waals surface area contributed by atoms with E-state index in [2.05, 4.69) is 81.7 Å². The fraction of sp³-hybridized carbons (Fsp3) is 0.400. The third kappa shape index (κ3) is 2.94. The van der Waals surface area contributed by atoms with Crippen LogP contribution in [0, 0.1) is 34.6 Å². The molecule has 0 aliphatic carbocycles. The normalized spacial score (nSPS) is 12.5. The molecule has 0 aromatic heterocycles. The SMILES string of the molecule is CCc1ccc(C(Br)c2c(C)c(C)c(C)c(C)c2C)cc1. The van der Waals surface area contributed by atoms with Gasteiger partial charge in [0.05, 0.1) is 4.83 Å². The van der Waals surface area contributed by atoms with E-state index >= 15 is 0 Å². The molecule has 1 atom stereocenters. The second-order valence-corrected chi connectivity index (χ2v) is 6.91. The Balaban J connectivity index is 2.55. The monoisotopic (exact) mass is 344 g/mol. The lowest BCUT2D eigenvalue weighted by atomic mass is 9.86. The Bertz CT molecular complexity index is 622. The Kier molecular flexibility index (Phi) is 4.93.